The quantitative estimate of drug-likeness (QED) is 0.300. The first kappa shape index (κ1) is 10.6. The van der Waals surface area contributed by atoms with Crippen molar-refractivity contribution in [1.29, 1.82) is 0 Å². The first-order valence-electron chi connectivity index (χ1n) is 3.13. The van der Waals surface area contributed by atoms with Crippen LogP contribution in [0.1, 0.15) is 6.92 Å². The zero-order valence-corrected chi connectivity index (χ0v) is 7.45. The molecule has 0 aromatic rings. The molecule has 66 valence electrons. The fraction of sp³-hybridized carbons (Fsp3) is 0.800. The van der Waals surface area contributed by atoms with Crippen LogP contribution < -0.4 is 0 Å². The van der Waals surface area contributed by atoms with Gasteiger partial charge in [-0.1, -0.05) is 0 Å². The molecule has 0 aromatic heterocycles. The van der Waals surface area contributed by atoms with Gasteiger partial charge in [0, 0.05) is 7.11 Å². The van der Waals surface area contributed by atoms with Gasteiger partial charge in [0.2, 0.25) is 0 Å². The van der Waals surface area contributed by atoms with E-state index in [1.165, 1.54) is 7.11 Å². The minimum absolute atomic E-state index is 0.00611. The highest BCUT2D eigenvalue weighted by atomic mass is 31.2. The van der Waals surface area contributed by atoms with Crippen LogP contribution in [0.25, 0.3) is 0 Å². The molecule has 5 nitrogen and oxygen atoms in total. The third kappa shape index (κ3) is 4.14. The van der Waals surface area contributed by atoms with E-state index in [4.69, 9.17) is 9.73 Å². The van der Waals surface area contributed by atoms with Crippen molar-refractivity contribution in [3.05, 3.63) is 0 Å². The maximum absolute atomic E-state index is 11.3. The van der Waals surface area contributed by atoms with Crippen molar-refractivity contribution >= 4 is 13.8 Å². The summed E-state index contributed by atoms with van der Waals surface area (Å²) in [5.41, 5.74) is 0. The molecule has 0 heterocycles. The predicted molar refractivity (Wildman–Crippen MR) is 41.4 cm³/mol. The van der Waals surface area contributed by atoms with Crippen LogP contribution in [0.5, 0.6) is 0 Å². The van der Waals surface area contributed by atoms with E-state index in [0.29, 0.717) is 6.61 Å². The molecule has 0 saturated carbocycles. The van der Waals surface area contributed by atoms with Gasteiger partial charge >= 0.3 is 7.60 Å². The van der Waals surface area contributed by atoms with E-state index in [9.17, 15) is 4.57 Å². The van der Waals surface area contributed by atoms with Crippen LogP contribution in [0.3, 0.4) is 0 Å². The largest absolute Gasteiger partial charge is 0.411 e. The monoisotopic (exact) mass is 181 g/mol. The molecule has 0 spiro atoms. The average Bonchev–Trinajstić information content (AvgIpc) is 2.02. The van der Waals surface area contributed by atoms with E-state index < -0.39 is 7.60 Å². The van der Waals surface area contributed by atoms with E-state index in [1.807, 2.05) is 0 Å². The lowest BCUT2D eigenvalue weighted by atomic mass is 10.9. The number of hydrogen-bond donors (Lipinski definition) is 1. The van der Waals surface area contributed by atoms with Gasteiger partial charge in [-0.2, -0.15) is 0 Å². The summed E-state index contributed by atoms with van der Waals surface area (Å²) >= 11 is 0. The Balaban J connectivity index is 3.99. The Hall–Kier alpha value is -0.380. The summed E-state index contributed by atoms with van der Waals surface area (Å²) in [5, 5.41) is 10.7. The average molecular weight is 181 g/mol. The molecule has 0 saturated heterocycles. The Morgan fingerprint density at radius 3 is 2.73 bits per heavy atom. The third-order valence-electron chi connectivity index (χ3n) is 0.991. The molecular formula is C5H12NO4P. The Kier molecular flexibility index (Phi) is 5.11. The fourth-order valence-corrected chi connectivity index (χ4v) is 1.54. The van der Waals surface area contributed by atoms with Crippen LogP contribution in [0.4, 0.5) is 0 Å². The maximum atomic E-state index is 11.3. The lowest BCUT2D eigenvalue weighted by Crippen LogP contribution is -1.98. The van der Waals surface area contributed by atoms with Gasteiger partial charge in [-0.15, -0.1) is 5.16 Å². The van der Waals surface area contributed by atoms with Crippen molar-refractivity contribution in [3.8, 4) is 0 Å². The van der Waals surface area contributed by atoms with Crippen LogP contribution in [-0.2, 0) is 13.6 Å². The smallest absolute Gasteiger partial charge is 0.335 e. The standard InChI is InChI=1S/C5H12NO4P/c1-3-10-11(8,9-2)5-4-6-7/h4,7H,3,5H2,1-2H3/b6-4+. The Bertz CT molecular complexity index is 170. The number of oxime groups is 1. The topological polar surface area (TPSA) is 68.1 Å². The van der Waals surface area contributed by atoms with Crippen LogP contribution in [0, 0.1) is 0 Å². The van der Waals surface area contributed by atoms with Crippen molar-refractivity contribution in [2.75, 3.05) is 19.9 Å². The molecule has 1 N–H and O–H groups in total. The molecule has 0 aliphatic carbocycles. The minimum atomic E-state index is -3.03. The number of nitrogens with zero attached hydrogens (tertiary/aromatic N) is 1. The normalized spacial score (nSPS) is 16.9. The molecule has 0 aliphatic rings. The van der Waals surface area contributed by atoms with Gasteiger partial charge < -0.3 is 14.3 Å². The summed E-state index contributed by atoms with van der Waals surface area (Å²) in [6, 6.07) is 0. The van der Waals surface area contributed by atoms with E-state index in [2.05, 4.69) is 9.68 Å². The van der Waals surface area contributed by atoms with Gasteiger partial charge in [0.25, 0.3) is 0 Å². The SMILES string of the molecule is CCOP(=O)(C/C=N/O)OC. The highest BCUT2D eigenvalue weighted by molar-refractivity contribution is 7.54. The maximum Gasteiger partial charge on any atom is 0.335 e. The molecule has 0 bridgehead atoms. The fourth-order valence-electron chi connectivity index (χ4n) is 0.513. The second kappa shape index (κ2) is 5.29. The van der Waals surface area contributed by atoms with Crippen molar-refractivity contribution in [2.24, 2.45) is 5.16 Å². The predicted octanol–water partition coefficient (Wildman–Crippen LogP) is 1.32. The van der Waals surface area contributed by atoms with Gasteiger partial charge in [-0.05, 0) is 6.92 Å². The first-order valence-corrected chi connectivity index (χ1v) is 4.86. The van der Waals surface area contributed by atoms with Gasteiger partial charge in [0.1, 0.15) is 0 Å². The zero-order chi connectivity index (χ0) is 8.74. The minimum Gasteiger partial charge on any atom is -0.411 e. The summed E-state index contributed by atoms with van der Waals surface area (Å²) in [7, 11) is -1.73. The van der Waals surface area contributed by atoms with Gasteiger partial charge in [0.05, 0.1) is 19.0 Å². The Morgan fingerprint density at radius 1 is 1.73 bits per heavy atom. The Morgan fingerprint density at radius 2 is 2.36 bits per heavy atom. The molecule has 0 radical (unpaired) electrons. The van der Waals surface area contributed by atoms with E-state index >= 15 is 0 Å². The van der Waals surface area contributed by atoms with Crippen molar-refractivity contribution in [1.82, 2.24) is 0 Å². The van der Waals surface area contributed by atoms with Crippen molar-refractivity contribution in [3.63, 3.8) is 0 Å². The second-order valence-electron chi connectivity index (χ2n) is 1.69. The molecule has 6 heteroatoms. The third-order valence-corrected chi connectivity index (χ3v) is 2.81. The van der Waals surface area contributed by atoms with Gasteiger partial charge in [0.15, 0.2) is 0 Å². The molecule has 1 unspecified atom stereocenters. The van der Waals surface area contributed by atoms with Crippen LogP contribution >= 0.6 is 7.60 Å². The Labute approximate surface area is 65.5 Å². The molecule has 0 amide bonds. The summed E-state index contributed by atoms with van der Waals surface area (Å²) in [4.78, 5) is 0. The molecule has 11 heavy (non-hydrogen) atoms. The molecule has 0 aliphatic heterocycles. The lowest BCUT2D eigenvalue weighted by molar-refractivity contribution is 0.247. The van der Waals surface area contributed by atoms with E-state index in [1.54, 1.807) is 6.92 Å². The molecule has 0 rings (SSSR count). The summed E-state index contributed by atoms with van der Waals surface area (Å²) in [6.45, 7) is 2.02. The second-order valence-corrected chi connectivity index (χ2v) is 3.90. The van der Waals surface area contributed by atoms with Crippen molar-refractivity contribution in [2.45, 2.75) is 6.92 Å². The number of rotatable bonds is 5. The van der Waals surface area contributed by atoms with E-state index in [-0.39, 0.29) is 6.16 Å². The zero-order valence-electron chi connectivity index (χ0n) is 6.56. The molecule has 0 fully saturated rings. The van der Waals surface area contributed by atoms with Crippen LogP contribution in [0.2, 0.25) is 0 Å². The lowest BCUT2D eigenvalue weighted by Gasteiger charge is -2.11. The van der Waals surface area contributed by atoms with Gasteiger partial charge in [-0.3, -0.25) is 4.57 Å². The van der Waals surface area contributed by atoms with Crippen LogP contribution in [0.15, 0.2) is 5.16 Å². The number of hydrogen-bond acceptors (Lipinski definition) is 5. The van der Waals surface area contributed by atoms with E-state index in [0.717, 1.165) is 6.21 Å². The molecule has 0 aromatic carbocycles. The summed E-state index contributed by atoms with van der Waals surface area (Å²) in [5.74, 6) is 0. The highest BCUT2D eigenvalue weighted by Crippen LogP contribution is 2.45. The highest BCUT2D eigenvalue weighted by Gasteiger charge is 2.20. The summed E-state index contributed by atoms with van der Waals surface area (Å²) < 4.78 is 20.7. The first-order chi connectivity index (χ1) is 5.18. The summed E-state index contributed by atoms with van der Waals surface area (Å²) in [6.07, 6.45) is 1.08. The molecule has 1 atom stereocenters. The van der Waals surface area contributed by atoms with Crippen molar-refractivity contribution < 1.29 is 18.8 Å². The molecular weight excluding hydrogens is 169 g/mol. The van der Waals surface area contributed by atoms with Gasteiger partial charge in [-0.25, -0.2) is 0 Å². The van der Waals surface area contributed by atoms with Crippen LogP contribution in [-0.4, -0.2) is 31.3 Å².